The van der Waals surface area contributed by atoms with E-state index in [9.17, 15) is 31.5 Å². The van der Waals surface area contributed by atoms with Crippen molar-refractivity contribution in [3.05, 3.63) is 101 Å². The summed E-state index contributed by atoms with van der Waals surface area (Å²) >= 11 is 0. The fourth-order valence-electron chi connectivity index (χ4n) is 2.71. The highest BCUT2D eigenvalue weighted by Crippen LogP contribution is 2.30. The molecular formula is C23H15F5N2O2. The molecule has 0 saturated heterocycles. The Labute approximate surface area is 179 Å². The fraction of sp³-hybridized carbons (Fsp3) is 0.0435. The van der Waals surface area contributed by atoms with Gasteiger partial charge in [-0.1, -0.05) is 36.4 Å². The molecule has 0 spiro atoms. The van der Waals surface area contributed by atoms with Crippen LogP contribution in [0.15, 0.2) is 78.4 Å². The maximum Gasteiger partial charge on any atom is 0.416 e. The second-order valence-electron chi connectivity index (χ2n) is 6.55. The third-order valence-electron chi connectivity index (χ3n) is 4.26. The van der Waals surface area contributed by atoms with Gasteiger partial charge in [-0.15, -0.1) is 0 Å². The zero-order valence-electron chi connectivity index (χ0n) is 16.2. The largest absolute Gasteiger partial charge is 0.416 e. The van der Waals surface area contributed by atoms with Gasteiger partial charge in [-0.25, -0.2) is 8.78 Å². The summed E-state index contributed by atoms with van der Waals surface area (Å²) in [5.41, 5.74) is -2.25. The quantitative estimate of drug-likeness (QED) is 0.231. The molecule has 2 N–H and O–H groups in total. The molecule has 4 nitrogen and oxygen atoms in total. The van der Waals surface area contributed by atoms with Gasteiger partial charge in [-0.3, -0.25) is 9.59 Å². The van der Waals surface area contributed by atoms with Gasteiger partial charge in [-0.2, -0.15) is 13.2 Å². The molecule has 0 aliphatic rings. The van der Waals surface area contributed by atoms with Crippen LogP contribution in [0.2, 0.25) is 0 Å². The highest BCUT2D eigenvalue weighted by atomic mass is 19.4. The van der Waals surface area contributed by atoms with Crippen LogP contribution in [0.1, 0.15) is 11.1 Å². The van der Waals surface area contributed by atoms with Crippen LogP contribution in [-0.4, -0.2) is 11.8 Å². The molecule has 3 aromatic rings. The first kappa shape index (κ1) is 22.7. The Balaban J connectivity index is 1.99. The number of hydrogen-bond acceptors (Lipinski definition) is 2. The lowest BCUT2D eigenvalue weighted by Gasteiger charge is -2.12. The molecule has 9 heteroatoms. The third kappa shape index (κ3) is 5.57. The summed E-state index contributed by atoms with van der Waals surface area (Å²) in [4.78, 5) is 25.5. The molecule has 0 atom stereocenters. The van der Waals surface area contributed by atoms with Crippen molar-refractivity contribution >= 4 is 29.3 Å². The lowest BCUT2D eigenvalue weighted by molar-refractivity contribution is -0.137. The topological polar surface area (TPSA) is 58.2 Å². The second-order valence-corrected chi connectivity index (χ2v) is 6.55. The number of alkyl halides is 3. The van der Waals surface area contributed by atoms with Crippen LogP contribution in [0.25, 0.3) is 6.08 Å². The first-order valence-corrected chi connectivity index (χ1v) is 9.16. The molecule has 0 radical (unpaired) electrons. The molecule has 32 heavy (non-hydrogen) atoms. The van der Waals surface area contributed by atoms with E-state index in [0.717, 1.165) is 36.4 Å². The molecular weight excluding hydrogens is 431 g/mol. The lowest BCUT2D eigenvalue weighted by Crippen LogP contribution is -2.26. The normalized spacial score (nSPS) is 10.9. The molecule has 3 aromatic carbocycles. The van der Waals surface area contributed by atoms with Gasteiger partial charge in [0.15, 0.2) is 0 Å². The van der Waals surface area contributed by atoms with Crippen LogP contribution in [0.5, 0.6) is 0 Å². The number of amides is 2. The lowest BCUT2D eigenvalue weighted by atomic mass is 10.1. The first-order valence-electron chi connectivity index (χ1n) is 9.16. The van der Waals surface area contributed by atoms with Crippen LogP contribution in [0, 0.1) is 11.6 Å². The predicted octanol–water partition coefficient (Wildman–Crippen LogP) is 5.64. The summed E-state index contributed by atoms with van der Waals surface area (Å²) in [6.45, 7) is 0. The van der Waals surface area contributed by atoms with Gasteiger partial charge in [0.25, 0.3) is 11.8 Å². The molecule has 0 aliphatic carbocycles. The van der Waals surface area contributed by atoms with E-state index < -0.39 is 40.8 Å². The van der Waals surface area contributed by atoms with E-state index in [1.165, 1.54) is 42.5 Å². The van der Waals surface area contributed by atoms with Gasteiger partial charge < -0.3 is 10.6 Å². The average Bonchev–Trinajstić information content (AvgIpc) is 2.75. The van der Waals surface area contributed by atoms with Crippen molar-refractivity contribution in [3.63, 3.8) is 0 Å². The minimum atomic E-state index is -4.64. The van der Waals surface area contributed by atoms with Crippen LogP contribution in [0.4, 0.5) is 33.3 Å². The monoisotopic (exact) mass is 446 g/mol. The van der Waals surface area contributed by atoms with E-state index in [4.69, 9.17) is 0 Å². The summed E-state index contributed by atoms with van der Waals surface area (Å²) in [6.07, 6.45) is -3.74. The Morgan fingerprint density at radius 1 is 0.719 bits per heavy atom. The van der Waals surface area contributed by atoms with Crippen molar-refractivity contribution in [2.75, 3.05) is 10.6 Å². The number of halogens is 5. The number of carbonyl (C=O) groups excluding carboxylic acids is 2. The standard InChI is InChI=1S/C23H15F5N2O2/c24-17-8-1-3-10-19(17)29-21(31)16(22(32)30-20-11-4-2-9-18(20)25)13-14-6-5-7-15(12-14)23(26,27)28/h1-13H,(H,29,31)(H,30,32). The van der Waals surface area contributed by atoms with Crippen molar-refractivity contribution in [2.24, 2.45) is 0 Å². The van der Waals surface area contributed by atoms with Crippen molar-refractivity contribution in [2.45, 2.75) is 6.18 Å². The highest BCUT2D eigenvalue weighted by molar-refractivity contribution is 6.28. The van der Waals surface area contributed by atoms with E-state index in [1.807, 2.05) is 0 Å². The van der Waals surface area contributed by atoms with Gasteiger partial charge in [0.05, 0.1) is 16.9 Å². The highest BCUT2D eigenvalue weighted by Gasteiger charge is 2.30. The SMILES string of the molecule is O=C(Nc1ccccc1F)C(=Cc1cccc(C(F)(F)F)c1)C(=O)Nc1ccccc1F. The average molecular weight is 446 g/mol. The van der Waals surface area contributed by atoms with E-state index in [-0.39, 0.29) is 16.9 Å². The van der Waals surface area contributed by atoms with E-state index in [0.29, 0.717) is 0 Å². The summed E-state index contributed by atoms with van der Waals surface area (Å²) in [5.74, 6) is -3.76. The van der Waals surface area contributed by atoms with Gasteiger partial charge >= 0.3 is 6.18 Å². The summed E-state index contributed by atoms with van der Waals surface area (Å²) in [6, 6.07) is 14.2. The smallest absolute Gasteiger partial charge is 0.319 e. The zero-order valence-corrected chi connectivity index (χ0v) is 16.2. The number of benzene rings is 3. The number of nitrogens with one attached hydrogen (secondary N) is 2. The molecule has 3 rings (SSSR count). The van der Waals surface area contributed by atoms with Gasteiger partial charge in [0.2, 0.25) is 0 Å². The van der Waals surface area contributed by atoms with Crippen molar-refractivity contribution in [1.82, 2.24) is 0 Å². The maximum atomic E-state index is 13.9. The van der Waals surface area contributed by atoms with Gasteiger partial charge in [-0.05, 0) is 48.0 Å². The van der Waals surface area contributed by atoms with Crippen LogP contribution >= 0.6 is 0 Å². The van der Waals surface area contributed by atoms with Gasteiger partial charge in [0, 0.05) is 0 Å². The molecule has 0 bridgehead atoms. The zero-order chi connectivity index (χ0) is 23.3. The molecule has 0 saturated carbocycles. The number of hydrogen-bond donors (Lipinski definition) is 2. The minimum absolute atomic E-state index is 0.109. The van der Waals surface area contributed by atoms with Crippen LogP contribution in [0.3, 0.4) is 0 Å². The molecule has 0 aromatic heterocycles. The Kier molecular flexibility index (Phi) is 6.67. The predicted molar refractivity (Wildman–Crippen MR) is 109 cm³/mol. The first-order chi connectivity index (χ1) is 15.1. The Morgan fingerprint density at radius 2 is 1.22 bits per heavy atom. The third-order valence-corrected chi connectivity index (χ3v) is 4.26. The molecule has 0 fully saturated rings. The van der Waals surface area contributed by atoms with E-state index >= 15 is 0 Å². The number of rotatable bonds is 5. The Morgan fingerprint density at radius 3 is 1.69 bits per heavy atom. The second kappa shape index (κ2) is 9.42. The summed E-state index contributed by atoms with van der Waals surface area (Å²) < 4.78 is 66.9. The van der Waals surface area contributed by atoms with Crippen molar-refractivity contribution < 1.29 is 31.5 Å². The van der Waals surface area contributed by atoms with Crippen LogP contribution < -0.4 is 10.6 Å². The molecule has 0 aliphatic heterocycles. The summed E-state index contributed by atoms with van der Waals surface area (Å²) in [5, 5.41) is 4.40. The Hall–Kier alpha value is -4.01. The van der Waals surface area contributed by atoms with Gasteiger partial charge in [0.1, 0.15) is 17.2 Å². The van der Waals surface area contributed by atoms with E-state index in [2.05, 4.69) is 10.6 Å². The molecule has 0 heterocycles. The minimum Gasteiger partial charge on any atom is -0.319 e. The molecule has 164 valence electrons. The molecule has 2 amide bonds. The van der Waals surface area contributed by atoms with E-state index in [1.54, 1.807) is 0 Å². The number of para-hydroxylation sites is 2. The Bertz CT molecular complexity index is 1130. The summed E-state index contributed by atoms with van der Waals surface area (Å²) in [7, 11) is 0. The number of carbonyl (C=O) groups is 2. The van der Waals surface area contributed by atoms with Crippen molar-refractivity contribution in [3.8, 4) is 0 Å². The van der Waals surface area contributed by atoms with Crippen LogP contribution in [-0.2, 0) is 15.8 Å². The number of anilines is 2. The maximum absolute atomic E-state index is 13.9. The van der Waals surface area contributed by atoms with Crippen molar-refractivity contribution in [1.29, 1.82) is 0 Å². The molecule has 0 unspecified atom stereocenters. The fourth-order valence-corrected chi connectivity index (χ4v) is 2.71.